The van der Waals surface area contributed by atoms with Crippen LogP contribution in [-0.2, 0) is 17.9 Å². The largest absolute Gasteiger partial charge is 0.496 e. The number of para-hydroxylation sites is 1. The van der Waals surface area contributed by atoms with Gasteiger partial charge in [0.1, 0.15) is 5.75 Å². The molecule has 1 N–H and O–H groups in total. The third-order valence-electron chi connectivity index (χ3n) is 4.56. The van der Waals surface area contributed by atoms with Crippen LogP contribution in [0, 0.1) is 6.92 Å². The van der Waals surface area contributed by atoms with E-state index in [2.05, 4.69) is 20.3 Å². The van der Waals surface area contributed by atoms with Gasteiger partial charge < -0.3 is 14.6 Å². The Morgan fingerprint density at radius 3 is 2.65 bits per heavy atom. The van der Waals surface area contributed by atoms with Gasteiger partial charge in [0.2, 0.25) is 5.91 Å². The van der Waals surface area contributed by atoms with Crippen molar-refractivity contribution in [3.05, 3.63) is 47.3 Å². The van der Waals surface area contributed by atoms with Gasteiger partial charge in [-0.15, -0.1) is 0 Å². The van der Waals surface area contributed by atoms with Crippen LogP contribution in [0.3, 0.4) is 0 Å². The van der Waals surface area contributed by atoms with Crippen molar-refractivity contribution in [2.45, 2.75) is 20.0 Å². The number of carbonyl (C=O) groups is 1. The molecule has 1 fully saturated rings. The van der Waals surface area contributed by atoms with Gasteiger partial charge in [0, 0.05) is 44.4 Å². The molecule has 0 saturated carbocycles. The number of hydrogen-bond donors (Lipinski definition) is 1. The van der Waals surface area contributed by atoms with Crippen LogP contribution in [0.4, 0.5) is 0 Å². The van der Waals surface area contributed by atoms with E-state index in [0.29, 0.717) is 13.1 Å². The second kappa shape index (κ2) is 8.82. The smallest absolute Gasteiger partial charge is 0.234 e. The Morgan fingerprint density at radius 2 is 1.96 bits per heavy atom. The van der Waals surface area contributed by atoms with Crippen molar-refractivity contribution in [1.29, 1.82) is 0 Å². The van der Waals surface area contributed by atoms with Crippen LogP contribution < -0.4 is 10.1 Å². The summed E-state index contributed by atoms with van der Waals surface area (Å²) in [6.45, 7) is 7.17. The van der Waals surface area contributed by atoms with Gasteiger partial charge in [-0.3, -0.25) is 14.6 Å². The highest BCUT2D eigenvalue weighted by Crippen LogP contribution is 2.16. The first kappa shape index (κ1) is 18.4. The standard InChI is InChI=1S/C19H26N4O3/c1-15-11-17(26-21-15)13-22-7-9-23(10-8-22)14-19(24)20-12-16-5-3-4-6-18(16)25-2/h3-6,11H,7-10,12-14H2,1-2H3,(H,20,24). The summed E-state index contributed by atoms with van der Waals surface area (Å²) in [5.74, 6) is 1.73. The molecule has 0 aliphatic carbocycles. The molecule has 0 radical (unpaired) electrons. The fourth-order valence-electron chi connectivity index (χ4n) is 3.12. The SMILES string of the molecule is COc1ccccc1CNC(=O)CN1CCN(Cc2cc(C)no2)CC1. The zero-order chi connectivity index (χ0) is 18.4. The number of carbonyl (C=O) groups excluding carboxylic acids is 1. The highest BCUT2D eigenvalue weighted by Gasteiger charge is 2.20. The summed E-state index contributed by atoms with van der Waals surface area (Å²) in [6, 6.07) is 9.69. The number of benzene rings is 1. The summed E-state index contributed by atoms with van der Waals surface area (Å²) in [5, 5.41) is 6.90. The highest BCUT2D eigenvalue weighted by atomic mass is 16.5. The summed E-state index contributed by atoms with van der Waals surface area (Å²) < 4.78 is 10.6. The fraction of sp³-hybridized carbons (Fsp3) is 0.474. The van der Waals surface area contributed by atoms with Gasteiger partial charge in [-0.05, 0) is 13.0 Å². The summed E-state index contributed by atoms with van der Waals surface area (Å²) in [4.78, 5) is 16.7. The number of hydrogen-bond acceptors (Lipinski definition) is 6. The molecule has 2 heterocycles. The lowest BCUT2D eigenvalue weighted by molar-refractivity contribution is -0.122. The number of methoxy groups -OCH3 is 1. The van der Waals surface area contributed by atoms with Crippen molar-refractivity contribution in [1.82, 2.24) is 20.3 Å². The monoisotopic (exact) mass is 358 g/mol. The Morgan fingerprint density at radius 1 is 1.23 bits per heavy atom. The molecule has 0 atom stereocenters. The molecule has 0 spiro atoms. The predicted molar refractivity (Wildman–Crippen MR) is 97.8 cm³/mol. The molecule has 140 valence electrons. The van der Waals surface area contributed by atoms with E-state index in [-0.39, 0.29) is 5.91 Å². The first-order valence-electron chi connectivity index (χ1n) is 8.89. The molecule has 3 rings (SSSR count). The van der Waals surface area contributed by atoms with Gasteiger partial charge in [-0.25, -0.2) is 0 Å². The van der Waals surface area contributed by atoms with Crippen LogP contribution in [0.15, 0.2) is 34.9 Å². The van der Waals surface area contributed by atoms with E-state index >= 15 is 0 Å². The maximum absolute atomic E-state index is 12.2. The molecule has 2 aromatic rings. The minimum absolute atomic E-state index is 0.0372. The lowest BCUT2D eigenvalue weighted by Gasteiger charge is -2.33. The minimum Gasteiger partial charge on any atom is -0.496 e. The Labute approximate surface area is 153 Å². The summed E-state index contributed by atoms with van der Waals surface area (Å²) in [6.07, 6.45) is 0. The molecular formula is C19H26N4O3. The van der Waals surface area contributed by atoms with Crippen molar-refractivity contribution in [2.75, 3.05) is 39.8 Å². The Balaban J connectivity index is 1.39. The summed E-state index contributed by atoms with van der Waals surface area (Å²) >= 11 is 0. The first-order valence-corrected chi connectivity index (χ1v) is 8.89. The topological polar surface area (TPSA) is 70.8 Å². The Hall–Kier alpha value is -2.38. The van der Waals surface area contributed by atoms with E-state index in [1.54, 1.807) is 7.11 Å². The normalized spacial score (nSPS) is 15.8. The summed E-state index contributed by atoms with van der Waals surface area (Å²) in [5.41, 5.74) is 1.89. The number of piperazine rings is 1. The number of aromatic nitrogens is 1. The number of aryl methyl sites for hydroxylation is 1. The van der Waals surface area contributed by atoms with Crippen LogP contribution in [0.1, 0.15) is 17.0 Å². The third kappa shape index (κ3) is 5.06. The third-order valence-corrected chi connectivity index (χ3v) is 4.56. The zero-order valence-electron chi connectivity index (χ0n) is 15.4. The average molecular weight is 358 g/mol. The maximum Gasteiger partial charge on any atom is 0.234 e. The molecular weight excluding hydrogens is 332 g/mol. The van der Waals surface area contributed by atoms with E-state index in [1.807, 2.05) is 37.3 Å². The van der Waals surface area contributed by atoms with Gasteiger partial charge >= 0.3 is 0 Å². The van der Waals surface area contributed by atoms with Crippen LogP contribution in [0.5, 0.6) is 5.75 Å². The van der Waals surface area contributed by atoms with E-state index < -0.39 is 0 Å². The quantitative estimate of drug-likeness (QED) is 0.807. The van der Waals surface area contributed by atoms with Crippen LogP contribution >= 0.6 is 0 Å². The zero-order valence-corrected chi connectivity index (χ0v) is 15.4. The molecule has 0 bridgehead atoms. The molecule has 7 nitrogen and oxygen atoms in total. The van der Waals surface area contributed by atoms with Crippen molar-refractivity contribution in [3.8, 4) is 5.75 Å². The van der Waals surface area contributed by atoms with Crippen molar-refractivity contribution in [2.24, 2.45) is 0 Å². The van der Waals surface area contributed by atoms with Gasteiger partial charge in [-0.2, -0.15) is 0 Å². The minimum atomic E-state index is 0.0372. The second-order valence-corrected chi connectivity index (χ2v) is 6.58. The lowest BCUT2D eigenvalue weighted by atomic mass is 10.2. The molecule has 1 aliphatic rings. The highest BCUT2D eigenvalue weighted by molar-refractivity contribution is 5.78. The molecule has 1 aromatic carbocycles. The van der Waals surface area contributed by atoms with E-state index in [4.69, 9.17) is 9.26 Å². The number of rotatable bonds is 7. The van der Waals surface area contributed by atoms with Crippen LogP contribution in [0.25, 0.3) is 0 Å². The van der Waals surface area contributed by atoms with E-state index in [0.717, 1.165) is 55.5 Å². The van der Waals surface area contributed by atoms with Gasteiger partial charge in [0.05, 0.1) is 25.9 Å². The van der Waals surface area contributed by atoms with Crippen LogP contribution in [0.2, 0.25) is 0 Å². The van der Waals surface area contributed by atoms with E-state index in [1.165, 1.54) is 0 Å². The Kier molecular flexibility index (Phi) is 6.25. The Bertz CT molecular complexity index is 723. The summed E-state index contributed by atoms with van der Waals surface area (Å²) in [7, 11) is 1.64. The van der Waals surface area contributed by atoms with Crippen molar-refractivity contribution < 1.29 is 14.1 Å². The van der Waals surface area contributed by atoms with Crippen molar-refractivity contribution in [3.63, 3.8) is 0 Å². The number of ether oxygens (including phenoxy) is 1. The van der Waals surface area contributed by atoms with E-state index in [9.17, 15) is 4.79 Å². The molecule has 26 heavy (non-hydrogen) atoms. The van der Waals surface area contributed by atoms with Gasteiger partial charge in [0.25, 0.3) is 0 Å². The maximum atomic E-state index is 12.2. The molecule has 1 saturated heterocycles. The molecule has 0 unspecified atom stereocenters. The first-order chi connectivity index (χ1) is 12.6. The fourth-order valence-corrected chi connectivity index (χ4v) is 3.12. The predicted octanol–water partition coefficient (Wildman–Crippen LogP) is 1.43. The molecule has 1 aliphatic heterocycles. The van der Waals surface area contributed by atoms with Crippen molar-refractivity contribution >= 4 is 5.91 Å². The number of nitrogens with zero attached hydrogens (tertiary/aromatic N) is 3. The number of amides is 1. The van der Waals surface area contributed by atoms with Crippen LogP contribution in [-0.4, -0.2) is 60.7 Å². The molecule has 1 amide bonds. The van der Waals surface area contributed by atoms with Gasteiger partial charge in [0.15, 0.2) is 5.76 Å². The average Bonchev–Trinajstić information content (AvgIpc) is 3.06. The lowest BCUT2D eigenvalue weighted by Crippen LogP contribution is -2.49. The van der Waals surface area contributed by atoms with Gasteiger partial charge in [-0.1, -0.05) is 23.4 Å². The second-order valence-electron chi connectivity index (χ2n) is 6.58. The molecule has 7 heteroatoms. The molecule has 1 aromatic heterocycles. The number of nitrogens with one attached hydrogen (secondary N) is 1.